The monoisotopic (exact) mass is 235 g/mol. The lowest BCUT2D eigenvalue weighted by molar-refractivity contribution is 0.587. The van der Waals surface area contributed by atoms with Crippen molar-refractivity contribution in [3.8, 4) is 0 Å². The highest BCUT2D eigenvalue weighted by Gasteiger charge is 2.08. The molecule has 0 bridgehead atoms. The van der Waals surface area contributed by atoms with Crippen molar-refractivity contribution < 1.29 is 8.78 Å². The Morgan fingerprint density at radius 1 is 1.33 bits per heavy atom. The molecule has 0 aliphatic rings. The van der Waals surface area contributed by atoms with Crippen LogP contribution in [0, 0.1) is 11.6 Å². The molecule has 0 saturated heterocycles. The fourth-order valence-electron chi connectivity index (χ4n) is 0.888. The molecule has 0 atom stereocenters. The maximum atomic E-state index is 13.0. The Morgan fingerprint density at radius 2 is 1.83 bits per heavy atom. The fourth-order valence-corrected chi connectivity index (χ4v) is 1.29. The Labute approximate surface area is 77.9 Å². The molecule has 0 aliphatic carbocycles. The lowest BCUT2D eigenvalue weighted by atomic mass is 10.3. The van der Waals surface area contributed by atoms with Crippen molar-refractivity contribution in [2.45, 2.75) is 6.92 Å². The molecule has 0 amide bonds. The summed E-state index contributed by atoms with van der Waals surface area (Å²) in [6.07, 6.45) is 0. The van der Waals surface area contributed by atoms with Crippen LogP contribution in [0.3, 0.4) is 0 Å². The van der Waals surface area contributed by atoms with Gasteiger partial charge in [-0.2, -0.15) is 0 Å². The third-order valence-corrected chi connectivity index (χ3v) is 1.82. The molecule has 0 radical (unpaired) electrons. The Hall–Kier alpha value is -0.640. The Bertz CT molecular complexity index is 265. The predicted octanol–water partition coefficient (Wildman–Crippen LogP) is 3.16. The molecule has 12 heavy (non-hydrogen) atoms. The molecule has 66 valence electrons. The first-order valence-electron chi connectivity index (χ1n) is 3.53. The van der Waals surface area contributed by atoms with Crippen molar-refractivity contribution in [2.24, 2.45) is 0 Å². The summed E-state index contributed by atoms with van der Waals surface area (Å²) in [6, 6.07) is 2.45. The van der Waals surface area contributed by atoms with E-state index in [1.807, 2.05) is 0 Å². The van der Waals surface area contributed by atoms with Crippen LogP contribution in [-0.4, -0.2) is 6.54 Å². The molecule has 4 heteroatoms. The molecule has 0 fully saturated rings. The summed E-state index contributed by atoms with van der Waals surface area (Å²) in [5.74, 6) is -1.16. The molecular weight excluding hydrogens is 228 g/mol. The maximum Gasteiger partial charge on any atom is 0.150 e. The van der Waals surface area contributed by atoms with Crippen molar-refractivity contribution >= 4 is 21.6 Å². The summed E-state index contributed by atoms with van der Waals surface area (Å²) in [5, 5.41) is 2.60. The topological polar surface area (TPSA) is 12.0 Å². The average molecular weight is 236 g/mol. The van der Waals surface area contributed by atoms with Crippen molar-refractivity contribution in [3.05, 3.63) is 28.2 Å². The summed E-state index contributed by atoms with van der Waals surface area (Å²) in [5.41, 5.74) is -0.0688. The molecule has 1 aromatic carbocycles. The molecule has 0 unspecified atom stereocenters. The maximum absolute atomic E-state index is 13.0. The van der Waals surface area contributed by atoms with Gasteiger partial charge < -0.3 is 5.32 Å². The molecular formula is C8H8BrF2N. The lowest BCUT2D eigenvalue weighted by Crippen LogP contribution is -2.02. The minimum atomic E-state index is -0.580. The van der Waals surface area contributed by atoms with E-state index in [-0.39, 0.29) is 5.69 Å². The van der Waals surface area contributed by atoms with Crippen LogP contribution >= 0.6 is 15.9 Å². The zero-order valence-corrected chi connectivity index (χ0v) is 8.08. The van der Waals surface area contributed by atoms with E-state index in [0.29, 0.717) is 11.0 Å². The van der Waals surface area contributed by atoms with E-state index >= 15 is 0 Å². The van der Waals surface area contributed by atoms with Crippen LogP contribution in [0.4, 0.5) is 14.5 Å². The van der Waals surface area contributed by atoms with Gasteiger partial charge >= 0.3 is 0 Å². The van der Waals surface area contributed by atoms with Gasteiger partial charge in [0.1, 0.15) is 17.3 Å². The van der Waals surface area contributed by atoms with Gasteiger partial charge in [0, 0.05) is 11.0 Å². The number of halogens is 3. The van der Waals surface area contributed by atoms with Crippen molar-refractivity contribution in [1.29, 1.82) is 0 Å². The number of nitrogens with one attached hydrogen (secondary N) is 1. The highest BCUT2D eigenvalue weighted by Crippen LogP contribution is 2.23. The van der Waals surface area contributed by atoms with Crippen LogP contribution in [-0.2, 0) is 0 Å². The summed E-state index contributed by atoms with van der Waals surface area (Å²) in [7, 11) is 0. The molecule has 1 nitrogen and oxygen atoms in total. The first kappa shape index (κ1) is 9.45. The van der Waals surface area contributed by atoms with Gasteiger partial charge in [-0.3, -0.25) is 0 Å². The first-order valence-corrected chi connectivity index (χ1v) is 4.33. The van der Waals surface area contributed by atoms with E-state index in [4.69, 9.17) is 0 Å². The molecule has 1 N–H and O–H groups in total. The van der Waals surface area contributed by atoms with Gasteiger partial charge in [-0.25, -0.2) is 8.78 Å². The Morgan fingerprint density at radius 3 is 2.25 bits per heavy atom. The molecule has 0 saturated carbocycles. The van der Waals surface area contributed by atoms with Crippen molar-refractivity contribution in [2.75, 3.05) is 11.9 Å². The summed E-state index contributed by atoms with van der Waals surface area (Å²) < 4.78 is 26.3. The van der Waals surface area contributed by atoms with Gasteiger partial charge in [0.05, 0.1) is 0 Å². The summed E-state index contributed by atoms with van der Waals surface area (Å²) in [4.78, 5) is 0. The number of rotatable bonds is 2. The second kappa shape index (κ2) is 3.85. The van der Waals surface area contributed by atoms with E-state index in [1.54, 1.807) is 6.92 Å². The van der Waals surface area contributed by atoms with Gasteiger partial charge in [-0.15, -0.1) is 0 Å². The summed E-state index contributed by atoms with van der Waals surface area (Å²) in [6.45, 7) is 2.27. The van der Waals surface area contributed by atoms with Crippen LogP contribution < -0.4 is 5.32 Å². The van der Waals surface area contributed by atoms with Gasteiger partial charge in [0.15, 0.2) is 0 Å². The molecule has 1 aromatic rings. The third-order valence-electron chi connectivity index (χ3n) is 1.36. The molecule has 0 heterocycles. The third kappa shape index (κ3) is 1.94. The zero-order chi connectivity index (χ0) is 9.14. The van der Waals surface area contributed by atoms with E-state index in [9.17, 15) is 8.78 Å². The van der Waals surface area contributed by atoms with Crippen LogP contribution in [0.25, 0.3) is 0 Å². The van der Waals surface area contributed by atoms with Crippen LogP contribution in [0.5, 0.6) is 0 Å². The van der Waals surface area contributed by atoms with Crippen LogP contribution in [0.1, 0.15) is 6.92 Å². The standard InChI is InChI=1S/C8H8BrF2N/c1-2-12-8-6(10)3-5(9)4-7(8)11/h3-4,12H,2H2,1H3. The molecule has 0 spiro atoms. The number of benzene rings is 1. The predicted molar refractivity (Wildman–Crippen MR) is 48.2 cm³/mol. The molecule has 1 rings (SSSR count). The minimum absolute atomic E-state index is 0.0688. The van der Waals surface area contributed by atoms with Gasteiger partial charge in [-0.1, -0.05) is 15.9 Å². The molecule has 0 aliphatic heterocycles. The SMILES string of the molecule is CCNc1c(F)cc(Br)cc1F. The average Bonchev–Trinajstić information content (AvgIpc) is 1.96. The lowest BCUT2D eigenvalue weighted by Gasteiger charge is -2.05. The zero-order valence-electron chi connectivity index (χ0n) is 6.50. The van der Waals surface area contributed by atoms with Gasteiger partial charge in [0.2, 0.25) is 0 Å². The Balaban J connectivity index is 3.10. The summed E-state index contributed by atoms with van der Waals surface area (Å²) >= 11 is 2.99. The van der Waals surface area contributed by atoms with E-state index in [2.05, 4.69) is 21.2 Å². The van der Waals surface area contributed by atoms with Crippen LogP contribution in [0.15, 0.2) is 16.6 Å². The van der Waals surface area contributed by atoms with Gasteiger partial charge in [0.25, 0.3) is 0 Å². The number of hydrogen-bond acceptors (Lipinski definition) is 1. The number of hydrogen-bond donors (Lipinski definition) is 1. The van der Waals surface area contributed by atoms with Crippen molar-refractivity contribution in [1.82, 2.24) is 0 Å². The quantitative estimate of drug-likeness (QED) is 0.831. The van der Waals surface area contributed by atoms with E-state index < -0.39 is 11.6 Å². The first-order chi connectivity index (χ1) is 5.65. The van der Waals surface area contributed by atoms with Gasteiger partial charge in [-0.05, 0) is 19.1 Å². The second-order valence-electron chi connectivity index (χ2n) is 2.27. The molecule has 0 aromatic heterocycles. The minimum Gasteiger partial charge on any atom is -0.381 e. The highest BCUT2D eigenvalue weighted by molar-refractivity contribution is 9.10. The normalized spacial score (nSPS) is 10.0. The highest BCUT2D eigenvalue weighted by atomic mass is 79.9. The van der Waals surface area contributed by atoms with Crippen molar-refractivity contribution in [3.63, 3.8) is 0 Å². The van der Waals surface area contributed by atoms with Crippen LogP contribution in [0.2, 0.25) is 0 Å². The Kier molecular flexibility index (Phi) is 3.03. The van der Waals surface area contributed by atoms with E-state index in [1.165, 1.54) is 12.1 Å². The van der Waals surface area contributed by atoms with E-state index in [0.717, 1.165) is 0 Å². The smallest absolute Gasteiger partial charge is 0.150 e. The fraction of sp³-hybridized carbons (Fsp3) is 0.250. The second-order valence-corrected chi connectivity index (χ2v) is 3.19. The number of anilines is 1. The largest absolute Gasteiger partial charge is 0.381 e.